The van der Waals surface area contributed by atoms with Gasteiger partial charge in [-0.1, -0.05) is 36.4 Å². The molecule has 0 saturated heterocycles. The number of carbonyl (C=O) groups is 4. The number of rotatable bonds is 7. The number of anilines is 1. The number of fused-ring (bicyclic) bond motifs is 1. The van der Waals surface area contributed by atoms with Gasteiger partial charge in [0.1, 0.15) is 6.79 Å². The zero-order valence-electron chi connectivity index (χ0n) is 18.8. The van der Waals surface area contributed by atoms with Crippen molar-refractivity contribution in [2.45, 2.75) is 25.2 Å². The van der Waals surface area contributed by atoms with Crippen LogP contribution in [0.2, 0.25) is 0 Å². The lowest BCUT2D eigenvalue weighted by Gasteiger charge is -2.13. The maximum atomic E-state index is 11.9. The van der Waals surface area contributed by atoms with Crippen molar-refractivity contribution >= 4 is 42.1 Å². The Morgan fingerprint density at radius 1 is 1.11 bits per heavy atom. The van der Waals surface area contributed by atoms with Gasteiger partial charge < -0.3 is 31.6 Å². The summed E-state index contributed by atoms with van der Waals surface area (Å²) in [5, 5.41) is 24.8. The summed E-state index contributed by atoms with van der Waals surface area (Å²) >= 11 is 0. The molecule has 8 N–H and O–H groups in total. The maximum absolute atomic E-state index is 11.9. The van der Waals surface area contributed by atoms with E-state index in [1.165, 1.54) is 0 Å². The van der Waals surface area contributed by atoms with Gasteiger partial charge in [0, 0.05) is 6.42 Å². The van der Waals surface area contributed by atoms with Crippen molar-refractivity contribution in [2.75, 3.05) is 12.3 Å². The van der Waals surface area contributed by atoms with E-state index in [1.807, 2.05) is 25.0 Å². The van der Waals surface area contributed by atoms with Crippen LogP contribution in [0.1, 0.15) is 29.9 Å². The standard InChI is InChI=1S/C17H15N3O3.C4H9NO2.CH2O2.CH2O/c18-17-19-14-7-6-10(9-13(14)15(21)20-17)8-12(16(22)23)11-4-2-1-3-5-11;5-3-1-2-4(6)7;2-1-3;1-2/h1-7,9,12H,8H2,(H,22,23)(H3,18,19,20,21);1-3,5H2,(H,6,7);1H,(H,2,3);1H2/t12-;;;/m0.../s1. The number of hydrogen-bond donors (Lipinski definition) is 6. The summed E-state index contributed by atoms with van der Waals surface area (Å²) in [5.74, 6) is -2.29. The number of aromatic amines is 1. The lowest BCUT2D eigenvalue weighted by molar-refractivity contribution is -0.139. The molecule has 0 spiro atoms. The van der Waals surface area contributed by atoms with E-state index in [0.29, 0.717) is 30.3 Å². The second kappa shape index (κ2) is 17.0. The molecule has 0 saturated carbocycles. The Morgan fingerprint density at radius 3 is 2.20 bits per heavy atom. The second-order valence-electron chi connectivity index (χ2n) is 6.70. The van der Waals surface area contributed by atoms with Crippen molar-refractivity contribution in [1.29, 1.82) is 0 Å². The minimum Gasteiger partial charge on any atom is -0.483 e. The van der Waals surface area contributed by atoms with Gasteiger partial charge in [0.25, 0.3) is 12.0 Å². The molecule has 0 aliphatic heterocycles. The Kier molecular flexibility index (Phi) is 14.7. The first kappa shape index (κ1) is 30.4. The van der Waals surface area contributed by atoms with Crippen molar-refractivity contribution in [3.63, 3.8) is 0 Å². The van der Waals surface area contributed by atoms with Gasteiger partial charge in [-0.05, 0) is 42.6 Å². The lowest BCUT2D eigenvalue weighted by atomic mass is 9.92. The van der Waals surface area contributed by atoms with E-state index in [4.69, 9.17) is 31.3 Å². The number of nitrogens with zero attached hydrogens (tertiary/aromatic N) is 1. The summed E-state index contributed by atoms with van der Waals surface area (Å²) in [6.07, 6.45) is 1.06. The molecular formula is C23H28N4O8. The summed E-state index contributed by atoms with van der Waals surface area (Å²) < 4.78 is 0. The first-order chi connectivity index (χ1) is 16.7. The van der Waals surface area contributed by atoms with E-state index in [0.717, 1.165) is 11.1 Å². The smallest absolute Gasteiger partial charge is 0.311 e. The molecule has 3 rings (SSSR count). The molecule has 1 aromatic heterocycles. The molecule has 0 amide bonds. The van der Waals surface area contributed by atoms with E-state index >= 15 is 0 Å². The molecule has 0 fully saturated rings. The number of H-pyrrole nitrogens is 1. The van der Waals surface area contributed by atoms with Crippen LogP contribution in [0.15, 0.2) is 53.3 Å². The molecule has 188 valence electrons. The molecule has 35 heavy (non-hydrogen) atoms. The van der Waals surface area contributed by atoms with Crippen molar-refractivity contribution in [1.82, 2.24) is 9.97 Å². The average molecular weight is 488 g/mol. The first-order valence-electron chi connectivity index (χ1n) is 10.1. The molecule has 2 aromatic carbocycles. The van der Waals surface area contributed by atoms with Gasteiger partial charge in [0.15, 0.2) is 0 Å². The van der Waals surface area contributed by atoms with Crippen LogP contribution >= 0.6 is 0 Å². The van der Waals surface area contributed by atoms with Crippen LogP contribution in [0.3, 0.4) is 0 Å². The van der Waals surface area contributed by atoms with Gasteiger partial charge in [0.2, 0.25) is 5.95 Å². The van der Waals surface area contributed by atoms with Gasteiger partial charge in [0.05, 0.1) is 16.8 Å². The summed E-state index contributed by atoms with van der Waals surface area (Å²) in [4.78, 5) is 56.1. The fourth-order valence-electron chi connectivity index (χ4n) is 2.85. The van der Waals surface area contributed by atoms with Crippen LogP contribution in [-0.2, 0) is 25.6 Å². The monoisotopic (exact) mass is 488 g/mol. The van der Waals surface area contributed by atoms with Crippen molar-refractivity contribution in [2.24, 2.45) is 5.73 Å². The maximum Gasteiger partial charge on any atom is 0.311 e. The summed E-state index contributed by atoms with van der Waals surface area (Å²) in [6, 6.07) is 14.1. The number of aromatic nitrogens is 2. The minimum absolute atomic E-state index is 0.0583. The number of nitrogens with one attached hydrogen (secondary N) is 1. The Hall–Kier alpha value is -4.58. The Balaban J connectivity index is 0.000000813. The number of benzene rings is 2. The molecule has 0 aliphatic rings. The minimum atomic E-state index is -0.902. The van der Waals surface area contributed by atoms with Gasteiger partial charge >= 0.3 is 11.9 Å². The molecule has 1 atom stereocenters. The molecule has 12 heteroatoms. The average Bonchev–Trinajstić information content (AvgIpc) is 2.84. The van der Waals surface area contributed by atoms with Crippen LogP contribution in [0.4, 0.5) is 5.95 Å². The fraction of sp³-hybridized carbons (Fsp3) is 0.217. The van der Waals surface area contributed by atoms with E-state index in [-0.39, 0.29) is 24.4 Å². The van der Waals surface area contributed by atoms with E-state index in [2.05, 4.69) is 9.97 Å². The molecule has 1 heterocycles. The zero-order valence-corrected chi connectivity index (χ0v) is 18.8. The zero-order chi connectivity index (χ0) is 26.8. The topological polar surface area (TPSA) is 227 Å². The number of nitrogen functional groups attached to an aromatic ring is 1. The molecular weight excluding hydrogens is 460 g/mol. The van der Waals surface area contributed by atoms with Crippen LogP contribution in [0.25, 0.3) is 10.9 Å². The van der Waals surface area contributed by atoms with E-state index in [1.54, 1.807) is 30.3 Å². The van der Waals surface area contributed by atoms with Crippen LogP contribution in [0, 0.1) is 0 Å². The molecule has 12 nitrogen and oxygen atoms in total. The summed E-state index contributed by atoms with van der Waals surface area (Å²) in [5.41, 5.74) is 12.2. The molecule has 0 bridgehead atoms. The van der Waals surface area contributed by atoms with Crippen LogP contribution in [-0.4, -0.2) is 57.0 Å². The number of hydrogen-bond acceptors (Lipinski definition) is 8. The number of aliphatic carboxylic acids is 2. The van der Waals surface area contributed by atoms with E-state index in [9.17, 15) is 19.5 Å². The van der Waals surface area contributed by atoms with E-state index < -0.39 is 17.9 Å². The second-order valence-corrected chi connectivity index (χ2v) is 6.70. The Labute approximate surface area is 200 Å². The van der Waals surface area contributed by atoms with Gasteiger partial charge in [-0.3, -0.25) is 24.2 Å². The summed E-state index contributed by atoms with van der Waals surface area (Å²) in [7, 11) is 0. The third-order valence-electron chi connectivity index (χ3n) is 4.32. The molecule has 3 aromatic rings. The lowest BCUT2D eigenvalue weighted by Crippen LogP contribution is -2.15. The normalized spacial score (nSPS) is 10.2. The predicted octanol–water partition coefficient (Wildman–Crippen LogP) is 1.24. The van der Waals surface area contributed by atoms with Crippen molar-refractivity contribution in [3.05, 3.63) is 70.0 Å². The quantitative estimate of drug-likeness (QED) is 0.259. The number of carboxylic acids is 2. The number of nitrogens with two attached hydrogens (primary N) is 2. The number of carboxylic acid groups (broad SMARTS) is 3. The highest BCUT2D eigenvalue weighted by molar-refractivity contribution is 5.80. The van der Waals surface area contributed by atoms with Crippen LogP contribution < -0.4 is 17.0 Å². The van der Waals surface area contributed by atoms with Gasteiger partial charge in [-0.2, -0.15) is 0 Å². The predicted molar refractivity (Wildman–Crippen MR) is 129 cm³/mol. The summed E-state index contributed by atoms with van der Waals surface area (Å²) in [6.45, 7) is 2.21. The Bertz CT molecular complexity index is 1140. The molecule has 0 unspecified atom stereocenters. The van der Waals surface area contributed by atoms with Gasteiger partial charge in [-0.15, -0.1) is 0 Å². The SMILES string of the molecule is C=O.NCCCC(=O)O.Nc1nc2ccc(C[C@H](C(=O)O)c3ccccc3)cc2c(=O)[nH]1.O=CO. The van der Waals surface area contributed by atoms with Crippen LogP contribution in [0.5, 0.6) is 0 Å². The first-order valence-corrected chi connectivity index (χ1v) is 10.1. The highest BCUT2D eigenvalue weighted by Gasteiger charge is 2.20. The van der Waals surface area contributed by atoms with Crippen molar-refractivity contribution < 1.29 is 34.5 Å². The number of carbonyl (C=O) groups excluding carboxylic acids is 1. The molecule has 0 radical (unpaired) electrons. The highest BCUT2D eigenvalue weighted by atomic mass is 16.4. The fourth-order valence-corrected chi connectivity index (χ4v) is 2.85. The van der Waals surface area contributed by atoms with Crippen molar-refractivity contribution in [3.8, 4) is 0 Å². The van der Waals surface area contributed by atoms with Gasteiger partial charge in [-0.25, -0.2) is 4.98 Å². The third kappa shape index (κ3) is 11.2. The molecule has 0 aliphatic carbocycles. The highest BCUT2D eigenvalue weighted by Crippen LogP contribution is 2.22. The largest absolute Gasteiger partial charge is 0.483 e. The third-order valence-corrected chi connectivity index (χ3v) is 4.32. The Morgan fingerprint density at radius 2 is 1.71 bits per heavy atom.